The lowest BCUT2D eigenvalue weighted by Gasteiger charge is -2.24. The smallest absolute Gasteiger partial charge is 0.349 e. The SMILES string of the molecule is O=C(Nc1cc(C(=O)N2CC=CCC2)cc(C(F)(F)F)c1)c1cc2ncccc2[nH]1. The minimum absolute atomic E-state index is 0.114. The predicted molar refractivity (Wildman–Crippen MR) is 105 cm³/mol. The fourth-order valence-corrected chi connectivity index (χ4v) is 3.27. The fourth-order valence-electron chi connectivity index (χ4n) is 3.27. The Hall–Kier alpha value is -3.62. The van der Waals surface area contributed by atoms with E-state index in [-0.39, 0.29) is 16.9 Å². The van der Waals surface area contributed by atoms with Crippen molar-refractivity contribution in [3.05, 3.63) is 71.6 Å². The largest absolute Gasteiger partial charge is 0.416 e. The van der Waals surface area contributed by atoms with Crippen LogP contribution in [0.15, 0.2) is 54.7 Å². The highest BCUT2D eigenvalue weighted by atomic mass is 19.4. The number of fused-ring (bicyclic) bond motifs is 1. The molecule has 0 saturated heterocycles. The van der Waals surface area contributed by atoms with Gasteiger partial charge in [0.05, 0.1) is 16.6 Å². The Kier molecular flexibility index (Phi) is 5.03. The van der Waals surface area contributed by atoms with Crippen LogP contribution in [0.25, 0.3) is 11.0 Å². The molecule has 154 valence electrons. The van der Waals surface area contributed by atoms with Gasteiger partial charge < -0.3 is 15.2 Å². The maximum Gasteiger partial charge on any atom is 0.416 e. The third kappa shape index (κ3) is 4.05. The van der Waals surface area contributed by atoms with E-state index in [9.17, 15) is 22.8 Å². The van der Waals surface area contributed by atoms with Gasteiger partial charge in [0.1, 0.15) is 5.69 Å². The van der Waals surface area contributed by atoms with Crippen molar-refractivity contribution >= 4 is 28.5 Å². The van der Waals surface area contributed by atoms with E-state index in [1.54, 1.807) is 24.4 Å². The Morgan fingerprint density at radius 1 is 1.13 bits per heavy atom. The minimum Gasteiger partial charge on any atom is -0.349 e. The van der Waals surface area contributed by atoms with Crippen LogP contribution in [0.5, 0.6) is 0 Å². The lowest BCUT2D eigenvalue weighted by Crippen LogP contribution is -2.34. The first kappa shape index (κ1) is 19.7. The van der Waals surface area contributed by atoms with Crippen LogP contribution in [-0.2, 0) is 6.18 Å². The summed E-state index contributed by atoms with van der Waals surface area (Å²) in [5.41, 5.74) is 0.0807. The van der Waals surface area contributed by atoms with Gasteiger partial charge in [-0.05, 0) is 42.8 Å². The maximum absolute atomic E-state index is 13.4. The number of halogens is 3. The molecule has 3 aromatic rings. The summed E-state index contributed by atoms with van der Waals surface area (Å²) >= 11 is 0. The number of amides is 2. The van der Waals surface area contributed by atoms with Crippen LogP contribution in [0.1, 0.15) is 32.8 Å². The lowest BCUT2D eigenvalue weighted by molar-refractivity contribution is -0.137. The van der Waals surface area contributed by atoms with Crippen LogP contribution in [0.3, 0.4) is 0 Å². The van der Waals surface area contributed by atoms with Gasteiger partial charge in [0.25, 0.3) is 11.8 Å². The van der Waals surface area contributed by atoms with E-state index in [4.69, 9.17) is 0 Å². The molecule has 9 heteroatoms. The molecule has 0 aliphatic carbocycles. The van der Waals surface area contributed by atoms with Gasteiger partial charge in [0.15, 0.2) is 0 Å². The molecule has 2 amide bonds. The third-order valence-corrected chi connectivity index (χ3v) is 4.74. The number of aromatic amines is 1. The first-order chi connectivity index (χ1) is 14.3. The number of carbonyl (C=O) groups is 2. The molecule has 1 aliphatic heterocycles. The average molecular weight is 414 g/mol. The maximum atomic E-state index is 13.4. The number of pyridine rings is 1. The summed E-state index contributed by atoms with van der Waals surface area (Å²) in [5.74, 6) is -1.15. The number of hydrogen-bond donors (Lipinski definition) is 2. The third-order valence-electron chi connectivity index (χ3n) is 4.74. The lowest BCUT2D eigenvalue weighted by atomic mass is 10.1. The number of benzene rings is 1. The summed E-state index contributed by atoms with van der Waals surface area (Å²) in [5, 5.41) is 2.45. The molecule has 4 rings (SSSR count). The van der Waals surface area contributed by atoms with Crippen molar-refractivity contribution in [2.75, 3.05) is 18.4 Å². The predicted octanol–water partition coefficient (Wildman–Crippen LogP) is 4.24. The topological polar surface area (TPSA) is 78.1 Å². The van der Waals surface area contributed by atoms with Crippen molar-refractivity contribution in [2.24, 2.45) is 0 Å². The number of hydrogen-bond acceptors (Lipinski definition) is 3. The van der Waals surface area contributed by atoms with Crippen molar-refractivity contribution < 1.29 is 22.8 Å². The molecule has 0 saturated carbocycles. The van der Waals surface area contributed by atoms with Crippen LogP contribution in [-0.4, -0.2) is 39.8 Å². The zero-order valence-corrected chi connectivity index (χ0v) is 15.7. The molecule has 0 radical (unpaired) electrons. The van der Waals surface area contributed by atoms with Gasteiger partial charge in [-0.2, -0.15) is 13.2 Å². The molecule has 2 N–H and O–H groups in total. The second-order valence-corrected chi connectivity index (χ2v) is 6.88. The molecular formula is C21H17F3N4O2. The highest BCUT2D eigenvalue weighted by molar-refractivity contribution is 6.06. The summed E-state index contributed by atoms with van der Waals surface area (Å²) in [6.07, 6.45) is 1.25. The summed E-state index contributed by atoms with van der Waals surface area (Å²) in [4.78, 5) is 33.7. The van der Waals surface area contributed by atoms with Crippen LogP contribution < -0.4 is 5.32 Å². The van der Waals surface area contributed by atoms with Crippen molar-refractivity contribution in [1.82, 2.24) is 14.9 Å². The van der Waals surface area contributed by atoms with E-state index in [1.807, 2.05) is 6.08 Å². The molecule has 0 fully saturated rings. The highest BCUT2D eigenvalue weighted by Gasteiger charge is 2.32. The number of carbonyl (C=O) groups excluding carboxylic acids is 2. The van der Waals surface area contributed by atoms with Crippen molar-refractivity contribution in [3.63, 3.8) is 0 Å². The van der Waals surface area contributed by atoms with Gasteiger partial charge in [-0.1, -0.05) is 12.2 Å². The minimum atomic E-state index is -4.66. The zero-order chi connectivity index (χ0) is 21.3. The standard InChI is InChI=1S/C21H17F3N4O2/c22-21(23,24)14-9-13(20(30)28-7-2-1-3-8-28)10-15(11-14)26-19(29)18-12-17-16(27-18)5-4-6-25-17/h1-2,4-6,9-12,27H,3,7-8H2,(H,26,29). The Bertz CT molecular complexity index is 1120. The zero-order valence-electron chi connectivity index (χ0n) is 15.7. The van der Waals surface area contributed by atoms with Gasteiger partial charge in [0, 0.05) is 30.5 Å². The van der Waals surface area contributed by atoms with E-state index in [2.05, 4.69) is 15.3 Å². The van der Waals surface area contributed by atoms with E-state index >= 15 is 0 Å². The molecule has 2 aromatic heterocycles. The normalized spacial score (nSPS) is 14.2. The summed E-state index contributed by atoms with van der Waals surface area (Å²) < 4.78 is 40.2. The van der Waals surface area contributed by atoms with Gasteiger partial charge >= 0.3 is 6.18 Å². The van der Waals surface area contributed by atoms with Crippen LogP contribution >= 0.6 is 0 Å². The van der Waals surface area contributed by atoms with Crippen LogP contribution in [0, 0.1) is 0 Å². The van der Waals surface area contributed by atoms with Gasteiger partial charge in [-0.3, -0.25) is 14.6 Å². The molecule has 6 nitrogen and oxygen atoms in total. The Morgan fingerprint density at radius 3 is 2.67 bits per heavy atom. The molecule has 3 heterocycles. The number of rotatable bonds is 3. The highest BCUT2D eigenvalue weighted by Crippen LogP contribution is 2.32. The first-order valence-electron chi connectivity index (χ1n) is 9.23. The summed E-state index contributed by atoms with van der Waals surface area (Å²) in [7, 11) is 0. The van der Waals surface area contributed by atoms with Crippen LogP contribution in [0.2, 0.25) is 0 Å². The summed E-state index contributed by atoms with van der Waals surface area (Å²) in [6, 6.07) is 7.81. The monoisotopic (exact) mass is 414 g/mol. The Labute approximate surface area is 169 Å². The summed E-state index contributed by atoms with van der Waals surface area (Å²) in [6.45, 7) is 0.758. The van der Waals surface area contributed by atoms with Crippen molar-refractivity contribution in [2.45, 2.75) is 12.6 Å². The van der Waals surface area contributed by atoms with Gasteiger partial charge in [0.2, 0.25) is 0 Å². The van der Waals surface area contributed by atoms with E-state index in [1.165, 1.54) is 17.0 Å². The molecule has 0 bridgehead atoms. The molecule has 1 aromatic carbocycles. The second kappa shape index (κ2) is 7.66. The average Bonchev–Trinajstić information content (AvgIpc) is 3.17. The number of H-pyrrole nitrogens is 1. The molecule has 1 aliphatic rings. The second-order valence-electron chi connectivity index (χ2n) is 6.88. The van der Waals surface area contributed by atoms with Crippen molar-refractivity contribution in [1.29, 1.82) is 0 Å². The number of nitrogens with zero attached hydrogens (tertiary/aromatic N) is 2. The quantitative estimate of drug-likeness (QED) is 0.630. The number of nitrogens with one attached hydrogen (secondary N) is 2. The van der Waals surface area contributed by atoms with Gasteiger partial charge in [-0.25, -0.2) is 0 Å². The molecular weight excluding hydrogens is 397 g/mol. The van der Waals surface area contributed by atoms with Crippen molar-refractivity contribution in [3.8, 4) is 0 Å². The number of alkyl halides is 3. The Morgan fingerprint density at radius 2 is 1.97 bits per heavy atom. The number of anilines is 1. The van der Waals surface area contributed by atoms with Gasteiger partial charge in [-0.15, -0.1) is 0 Å². The van der Waals surface area contributed by atoms with Crippen LogP contribution in [0.4, 0.5) is 18.9 Å². The molecule has 30 heavy (non-hydrogen) atoms. The Balaban J connectivity index is 1.65. The molecule has 0 atom stereocenters. The molecule has 0 unspecified atom stereocenters. The van der Waals surface area contributed by atoms with E-state index in [0.29, 0.717) is 30.5 Å². The van der Waals surface area contributed by atoms with E-state index in [0.717, 1.165) is 12.1 Å². The van der Waals surface area contributed by atoms with E-state index < -0.39 is 23.6 Å². The first-order valence-corrected chi connectivity index (χ1v) is 9.23. The number of aromatic nitrogens is 2. The molecule has 0 spiro atoms. The fraction of sp³-hybridized carbons (Fsp3) is 0.190.